The summed E-state index contributed by atoms with van der Waals surface area (Å²) < 4.78 is 11.0. The summed E-state index contributed by atoms with van der Waals surface area (Å²) in [6, 6.07) is 9.58. The van der Waals surface area contributed by atoms with Crippen molar-refractivity contribution >= 4 is 5.91 Å². The standard InChI is InChI=1S/C16H19N3O3/c1-11(2)16(20)19-8-9-21-13(10-19)14-17-15(22-18-14)12-6-4-3-5-7-12/h3-7,11,13H,8-10H2,1-2H3. The van der Waals surface area contributed by atoms with Crippen LogP contribution in [-0.4, -0.2) is 40.6 Å². The smallest absolute Gasteiger partial charge is 0.258 e. The van der Waals surface area contributed by atoms with Crippen molar-refractivity contribution in [3.8, 4) is 11.5 Å². The zero-order chi connectivity index (χ0) is 15.5. The summed E-state index contributed by atoms with van der Waals surface area (Å²) in [7, 11) is 0. The predicted octanol–water partition coefficient (Wildman–Crippen LogP) is 2.29. The normalized spacial score (nSPS) is 18.7. The van der Waals surface area contributed by atoms with E-state index in [1.165, 1.54) is 0 Å². The molecular formula is C16H19N3O3. The summed E-state index contributed by atoms with van der Waals surface area (Å²) in [6.45, 7) is 5.35. The first kappa shape index (κ1) is 14.7. The molecular weight excluding hydrogens is 282 g/mol. The van der Waals surface area contributed by atoms with Gasteiger partial charge in [-0.2, -0.15) is 4.98 Å². The highest BCUT2D eigenvalue weighted by molar-refractivity contribution is 5.78. The van der Waals surface area contributed by atoms with Crippen LogP contribution in [0.1, 0.15) is 25.8 Å². The fourth-order valence-corrected chi connectivity index (χ4v) is 2.43. The van der Waals surface area contributed by atoms with Crippen molar-refractivity contribution < 1.29 is 14.1 Å². The molecule has 1 unspecified atom stereocenters. The van der Waals surface area contributed by atoms with Crippen LogP contribution in [0.2, 0.25) is 0 Å². The summed E-state index contributed by atoms with van der Waals surface area (Å²) in [5.41, 5.74) is 0.868. The third-order valence-electron chi connectivity index (χ3n) is 3.62. The van der Waals surface area contributed by atoms with Gasteiger partial charge in [-0.3, -0.25) is 4.79 Å². The van der Waals surface area contributed by atoms with Gasteiger partial charge in [-0.1, -0.05) is 37.2 Å². The Morgan fingerprint density at radius 2 is 2.09 bits per heavy atom. The minimum atomic E-state index is -0.335. The molecule has 2 heterocycles. The Morgan fingerprint density at radius 3 is 2.82 bits per heavy atom. The average molecular weight is 301 g/mol. The predicted molar refractivity (Wildman–Crippen MR) is 79.8 cm³/mol. The van der Waals surface area contributed by atoms with Crippen LogP contribution in [0.3, 0.4) is 0 Å². The van der Waals surface area contributed by atoms with Crippen LogP contribution in [0, 0.1) is 5.92 Å². The Bertz CT molecular complexity index is 639. The Morgan fingerprint density at radius 1 is 1.32 bits per heavy atom. The number of aromatic nitrogens is 2. The maximum atomic E-state index is 12.1. The van der Waals surface area contributed by atoms with Gasteiger partial charge in [0.15, 0.2) is 0 Å². The number of hydrogen-bond acceptors (Lipinski definition) is 5. The molecule has 0 N–H and O–H groups in total. The van der Waals surface area contributed by atoms with Gasteiger partial charge in [-0.25, -0.2) is 0 Å². The summed E-state index contributed by atoms with van der Waals surface area (Å²) in [4.78, 5) is 18.3. The lowest BCUT2D eigenvalue weighted by molar-refractivity contribution is -0.142. The molecule has 1 aromatic carbocycles. The highest BCUT2D eigenvalue weighted by atomic mass is 16.5. The molecule has 1 atom stereocenters. The molecule has 2 aromatic rings. The third kappa shape index (κ3) is 3.01. The second kappa shape index (κ2) is 6.27. The van der Waals surface area contributed by atoms with Gasteiger partial charge in [-0.05, 0) is 12.1 Å². The number of ether oxygens (including phenoxy) is 1. The van der Waals surface area contributed by atoms with E-state index in [4.69, 9.17) is 9.26 Å². The van der Waals surface area contributed by atoms with Crippen molar-refractivity contribution in [1.29, 1.82) is 0 Å². The van der Waals surface area contributed by atoms with E-state index < -0.39 is 0 Å². The van der Waals surface area contributed by atoms with E-state index in [9.17, 15) is 4.79 Å². The first-order valence-electron chi connectivity index (χ1n) is 7.44. The largest absolute Gasteiger partial charge is 0.366 e. The van der Waals surface area contributed by atoms with Gasteiger partial charge in [-0.15, -0.1) is 0 Å². The molecule has 22 heavy (non-hydrogen) atoms. The minimum Gasteiger partial charge on any atom is -0.366 e. The molecule has 0 aliphatic carbocycles. The second-order valence-corrected chi connectivity index (χ2v) is 5.62. The topological polar surface area (TPSA) is 68.5 Å². The molecule has 0 bridgehead atoms. The first-order valence-corrected chi connectivity index (χ1v) is 7.44. The summed E-state index contributed by atoms with van der Waals surface area (Å²) >= 11 is 0. The fourth-order valence-electron chi connectivity index (χ4n) is 2.43. The molecule has 1 aliphatic rings. The van der Waals surface area contributed by atoms with E-state index in [1.807, 2.05) is 44.2 Å². The van der Waals surface area contributed by atoms with Crippen molar-refractivity contribution in [2.45, 2.75) is 20.0 Å². The number of nitrogens with zero attached hydrogens (tertiary/aromatic N) is 3. The van der Waals surface area contributed by atoms with E-state index in [2.05, 4.69) is 10.1 Å². The molecule has 0 spiro atoms. The quantitative estimate of drug-likeness (QED) is 0.870. The molecule has 1 aromatic heterocycles. The lowest BCUT2D eigenvalue weighted by Gasteiger charge is -2.32. The van der Waals surface area contributed by atoms with Gasteiger partial charge in [0, 0.05) is 18.0 Å². The monoisotopic (exact) mass is 301 g/mol. The van der Waals surface area contributed by atoms with E-state index in [1.54, 1.807) is 4.90 Å². The average Bonchev–Trinajstić information content (AvgIpc) is 3.05. The van der Waals surface area contributed by atoms with E-state index in [0.29, 0.717) is 31.4 Å². The van der Waals surface area contributed by atoms with E-state index in [0.717, 1.165) is 5.56 Å². The highest BCUT2D eigenvalue weighted by Crippen LogP contribution is 2.24. The maximum Gasteiger partial charge on any atom is 0.258 e. The summed E-state index contributed by atoms with van der Waals surface area (Å²) in [6.07, 6.45) is -0.335. The number of amides is 1. The Kier molecular flexibility index (Phi) is 4.20. The molecule has 6 heteroatoms. The number of morpholine rings is 1. The van der Waals surface area contributed by atoms with Crippen LogP contribution in [0.5, 0.6) is 0 Å². The van der Waals surface area contributed by atoms with Crippen LogP contribution in [0.25, 0.3) is 11.5 Å². The van der Waals surface area contributed by atoms with Crippen LogP contribution >= 0.6 is 0 Å². The number of benzene rings is 1. The van der Waals surface area contributed by atoms with Crippen molar-refractivity contribution in [2.24, 2.45) is 5.92 Å². The molecule has 6 nitrogen and oxygen atoms in total. The zero-order valence-corrected chi connectivity index (χ0v) is 12.7. The van der Waals surface area contributed by atoms with E-state index >= 15 is 0 Å². The second-order valence-electron chi connectivity index (χ2n) is 5.62. The lowest BCUT2D eigenvalue weighted by Crippen LogP contribution is -2.44. The van der Waals surface area contributed by atoms with Crippen molar-refractivity contribution in [1.82, 2.24) is 15.0 Å². The van der Waals surface area contributed by atoms with Gasteiger partial charge in [0.25, 0.3) is 5.89 Å². The number of rotatable bonds is 3. The van der Waals surface area contributed by atoms with Crippen LogP contribution < -0.4 is 0 Å². The number of carbonyl (C=O) groups is 1. The molecule has 116 valence electrons. The van der Waals surface area contributed by atoms with E-state index in [-0.39, 0.29) is 17.9 Å². The third-order valence-corrected chi connectivity index (χ3v) is 3.62. The minimum absolute atomic E-state index is 0.0242. The van der Waals surface area contributed by atoms with Gasteiger partial charge >= 0.3 is 0 Å². The molecule has 1 saturated heterocycles. The summed E-state index contributed by atoms with van der Waals surface area (Å²) in [5, 5.41) is 4.01. The Balaban J connectivity index is 1.74. The number of hydrogen-bond donors (Lipinski definition) is 0. The van der Waals surface area contributed by atoms with Crippen LogP contribution in [0.4, 0.5) is 0 Å². The van der Waals surface area contributed by atoms with Crippen LogP contribution in [0.15, 0.2) is 34.9 Å². The Labute approximate surface area is 129 Å². The maximum absolute atomic E-state index is 12.1. The van der Waals surface area contributed by atoms with Crippen molar-refractivity contribution in [3.63, 3.8) is 0 Å². The van der Waals surface area contributed by atoms with Gasteiger partial charge < -0.3 is 14.2 Å². The molecule has 0 radical (unpaired) electrons. The number of carbonyl (C=O) groups excluding carboxylic acids is 1. The zero-order valence-electron chi connectivity index (χ0n) is 12.7. The van der Waals surface area contributed by atoms with Crippen LogP contribution in [-0.2, 0) is 9.53 Å². The van der Waals surface area contributed by atoms with Crippen molar-refractivity contribution in [2.75, 3.05) is 19.7 Å². The molecule has 1 amide bonds. The SMILES string of the molecule is CC(C)C(=O)N1CCOC(c2noc(-c3ccccc3)n2)C1. The molecule has 3 rings (SSSR count). The van der Waals surface area contributed by atoms with Gasteiger partial charge in [0.2, 0.25) is 11.7 Å². The highest BCUT2D eigenvalue weighted by Gasteiger charge is 2.29. The van der Waals surface area contributed by atoms with Crippen molar-refractivity contribution in [3.05, 3.63) is 36.2 Å². The fraction of sp³-hybridized carbons (Fsp3) is 0.438. The van der Waals surface area contributed by atoms with Gasteiger partial charge in [0.05, 0.1) is 13.2 Å². The molecule has 0 saturated carbocycles. The lowest BCUT2D eigenvalue weighted by atomic mass is 10.1. The molecule has 1 fully saturated rings. The van der Waals surface area contributed by atoms with Gasteiger partial charge in [0.1, 0.15) is 6.10 Å². The molecule has 1 aliphatic heterocycles. The first-order chi connectivity index (χ1) is 10.6. The summed E-state index contributed by atoms with van der Waals surface area (Å²) in [5.74, 6) is 1.05. The Hall–Kier alpha value is -2.21.